The van der Waals surface area contributed by atoms with Gasteiger partial charge in [-0.15, -0.1) is 0 Å². The Morgan fingerprint density at radius 2 is 2.12 bits per heavy atom. The van der Waals surface area contributed by atoms with E-state index >= 15 is 0 Å². The van der Waals surface area contributed by atoms with Crippen LogP contribution in [0.15, 0.2) is 42.6 Å². The lowest BCUT2D eigenvalue weighted by Gasteiger charge is -2.07. The van der Waals surface area contributed by atoms with Crippen molar-refractivity contribution in [3.05, 3.63) is 69.7 Å². The monoisotopic (exact) mass is 324 g/mol. The maximum Gasteiger partial charge on any atom is 0.274 e. The molecule has 0 spiro atoms. The first kappa shape index (κ1) is 15.7. The number of carbonyl (C=O) groups is 1. The van der Waals surface area contributed by atoms with Crippen LogP contribution in [0, 0.1) is 17.0 Å². The first-order valence-electron chi connectivity index (χ1n) is 7.53. The van der Waals surface area contributed by atoms with Crippen molar-refractivity contribution in [2.24, 2.45) is 0 Å². The van der Waals surface area contributed by atoms with Crippen LogP contribution in [-0.2, 0) is 6.42 Å². The summed E-state index contributed by atoms with van der Waals surface area (Å²) in [5.74, 6) is -0.342. The van der Waals surface area contributed by atoms with Gasteiger partial charge in [-0.25, -0.2) is 4.98 Å². The highest BCUT2D eigenvalue weighted by Gasteiger charge is 2.19. The van der Waals surface area contributed by atoms with Crippen molar-refractivity contribution in [2.75, 3.05) is 5.32 Å². The zero-order valence-electron chi connectivity index (χ0n) is 13.3. The number of fused-ring (bicyclic) bond motifs is 1. The number of nitro benzene ring substituents is 1. The van der Waals surface area contributed by atoms with E-state index in [1.165, 1.54) is 18.2 Å². The normalized spacial score (nSPS) is 10.8. The summed E-state index contributed by atoms with van der Waals surface area (Å²) in [7, 11) is 0. The molecule has 3 aromatic rings. The number of nitrogens with zero attached hydrogens (tertiary/aromatic N) is 3. The van der Waals surface area contributed by atoms with E-state index in [2.05, 4.69) is 10.3 Å². The van der Waals surface area contributed by atoms with Gasteiger partial charge in [0.05, 0.1) is 10.6 Å². The van der Waals surface area contributed by atoms with Crippen molar-refractivity contribution < 1.29 is 9.72 Å². The predicted octanol–water partition coefficient (Wildman–Crippen LogP) is 3.37. The molecule has 122 valence electrons. The zero-order valence-corrected chi connectivity index (χ0v) is 13.3. The number of amides is 1. The second-order valence-electron chi connectivity index (χ2n) is 5.41. The number of benzene rings is 1. The van der Waals surface area contributed by atoms with Crippen molar-refractivity contribution in [3.8, 4) is 0 Å². The fourth-order valence-corrected chi connectivity index (χ4v) is 2.63. The van der Waals surface area contributed by atoms with Crippen LogP contribution in [0.4, 0.5) is 11.4 Å². The van der Waals surface area contributed by atoms with Crippen LogP contribution in [0.25, 0.3) is 5.65 Å². The summed E-state index contributed by atoms with van der Waals surface area (Å²) in [6.07, 6.45) is 2.40. The SMILES string of the molecule is CCc1nc2c(C)cccn2c1C(=O)Nc1cccc([N+](=O)[O-])c1. The van der Waals surface area contributed by atoms with Crippen molar-refractivity contribution in [1.82, 2.24) is 9.38 Å². The van der Waals surface area contributed by atoms with Crippen LogP contribution in [0.2, 0.25) is 0 Å². The lowest BCUT2D eigenvalue weighted by Crippen LogP contribution is -2.16. The highest BCUT2D eigenvalue weighted by Crippen LogP contribution is 2.20. The number of hydrogen-bond acceptors (Lipinski definition) is 4. The molecule has 2 aromatic heterocycles. The fourth-order valence-electron chi connectivity index (χ4n) is 2.63. The van der Waals surface area contributed by atoms with Gasteiger partial charge < -0.3 is 5.32 Å². The van der Waals surface area contributed by atoms with Crippen molar-refractivity contribution >= 4 is 22.9 Å². The second kappa shape index (κ2) is 6.11. The third-order valence-electron chi connectivity index (χ3n) is 3.78. The topological polar surface area (TPSA) is 89.5 Å². The van der Waals surface area contributed by atoms with Crippen LogP contribution < -0.4 is 5.32 Å². The number of hydrogen-bond donors (Lipinski definition) is 1. The molecule has 0 saturated carbocycles. The second-order valence-corrected chi connectivity index (χ2v) is 5.41. The molecule has 2 heterocycles. The van der Waals surface area contributed by atoms with E-state index in [9.17, 15) is 14.9 Å². The van der Waals surface area contributed by atoms with Gasteiger partial charge in [-0.05, 0) is 31.0 Å². The van der Waals surface area contributed by atoms with Crippen molar-refractivity contribution in [2.45, 2.75) is 20.3 Å². The molecule has 0 fully saturated rings. The molecule has 0 saturated heterocycles. The van der Waals surface area contributed by atoms with Gasteiger partial charge in [-0.3, -0.25) is 19.3 Å². The molecule has 1 N–H and O–H groups in total. The lowest BCUT2D eigenvalue weighted by molar-refractivity contribution is -0.384. The molecule has 0 radical (unpaired) electrons. The summed E-state index contributed by atoms with van der Waals surface area (Å²) < 4.78 is 1.75. The fraction of sp³-hybridized carbons (Fsp3) is 0.176. The average molecular weight is 324 g/mol. The third kappa shape index (κ3) is 2.71. The number of rotatable bonds is 4. The van der Waals surface area contributed by atoms with Crippen LogP contribution in [0.1, 0.15) is 28.7 Å². The van der Waals surface area contributed by atoms with Crippen molar-refractivity contribution in [1.29, 1.82) is 0 Å². The van der Waals surface area contributed by atoms with Crippen LogP contribution in [-0.4, -0.2) is 20.2 Å². The van der Waals surface area contributed by atoms with Gasteiger partial charge in [0.2, 0.25) is 0 Å². The van der Waals surface area contributed by atoms with E-state index in [1.54, 1.807) is 16.7 Å². The minimum absolute atomic E-state index is 0.0718. The predicted molar refractivity (Wildman–Crippen MR) is 90.4 cm³/mol. The number of nitrogens with one attached hydrogen (secondary N) is 1. The van der Waals surface area contributed by atoms with E-state index in [1.807, 2.05) is 26.0 Å². The Kier molecular flexibility index (Phi) is 3.99. The smallest absolute Gasteiger partial charge is 0.274 e. The first-order chi connectivity index (χ1) is 11.5. The van der Waals surface area contributed by atoms with E-state index in [-0.39, 0.29) is 11.6 Å². The molecular weight excluding hydrogens is 308 g/mol. The minimum atomic E-state index is -0.495. The number of non-ortho nitro benzene ring substituents is 1. The third-order valence-corrected chi connectivity index (χ3v) is 3.78. The molecule has 0 bridgehead atoms. The molecule has 7 heteroatoms. The van der Waals surface area contributed by atoms with Crippen LogP contribution >= 0.6 is 0 Å². The van der Waals surface area contributed by atoms with E-state index < -0.39 is 4.92 Å². The zero-order chi connectivity index (χ0) is 17.3. The van der Waals surface area contributed by atoms with Gasteiger partial charge in [0.25, 0.3) is 11.6 Å². The summed E-state index contributed by atoms with van der Waals surface area (Å²) in [5, 5.41) is 13.6. The van der Waals surface area contributed by atoms with Crippen molar-refractivity contribution in [3.63, 3.8) is 0 Å². The number of nitro groups is 1. The summed E-state index contributed by atoms with van der Waals surface area (Å²) in [5.41, 5.74) is 3.14. The molecule has 0 aliphatic carbocycles. The molecule has 3 rings (SSSR count). The number of aryl methyl sites for hydroxylation is 2. The molecule has 1 amide bonds. The molecular formula is C17H16N4O3. The Morgan fingerprint density at radius 3 is 2.83 bits per heavy atom. The Bertz CT molecular complexity index is 946. The maximum atomic E-state index is 12.7. The standard InChI is InChI=1S/C17H16N4O3/c1-3-14-15(20-9-5-6-11(2)16(20)19-14)17(22)18-12-7-4-8-13(10-12)21(23)24/h4-10H,3H2,1-2H3,(H,18,22). The lowest BCUT2D eigenvalue weighted by atomic mass is 10.2. The Labute approximate surface area is 138 Å². The average Bonchev–Trinajstić information content (AvgIpc) is 2.95. The van der Waals surface area contributed by atoms with Gasteiger partial charge in [0.1, 0.15) is 11.3 Å². The summed E-state index contributed by atoms with van der Waals surface area (Å²) >= 11 is 0. The Hall–Kier alpha value is -3.22. The quantitative estimate of drug-likeness (QED) is 0.588. The number of imidazole rings is 1. The molecule has 1 aromatic carbocycles. The molecule has 0 unspecified atom stereocenters. The summed E-state index contributed by atoms with van der Waals surface area (Å²) in [4.78, 5) is 27.6. The molecule has 24 heavy (non-hydrogen) atoms. The maximum absolute atomic E-state index is 12.7. The number of carbonyl (C=O) groups excluding carboxylic acids is 1. The van der Waals surface area contributed by atoms with E-state index in [4.69, 9.17) is 0 Å². The highest BCUT2D eigenvalue weighted by atomic mass is 16.6. The van der Waals surface area contributed by atoms with Gasteiger partial charge in [-0.2, -0.15) is 0 Å². The Morgan fingerprint density at radius 1 is 1.33 bits per heavy atom. The van der Waals surface area contributed by atoms with E-state index in [0.717, 1.165) is 11.2 Å². The number of aromatic nitrogens is 2. The van der Waals surface area contributed by atoms with E-state index in [0.29, 0.717) is 23.5 Å². The number of anilines is 1. The minimum Gasteiger partial charge on any atom is -0.320 e. The molecule has 0 aliphatic heterocycles. The Balaban J connectivity index is 2.01. The highest BCUT2D eigenvalue weighted by molar-refractivity contribution is 6.04. The van der Waals surface area contributed by atoms with Gasteiger partial charge in [0, 0.05) is 24.0 Å². The number of pyridine rings is 1. The van der Waals surface area contributed by atoms with Crippen LogP contribution in [0.5, 0.6) is 0 Å². The first-order valence-corrected chi connectivity index (χ1v) is 7.53. The molecule has 0 atom stereocenters. The summed E-state index contributed by atoms with van der Waals surface area (Å²) in [6.45, 7) is 3.87. The van der Waals surface area contributed by atoms with Gasteiger partial charge in [-0.1, -0.05) is 19.1 Å². The van der Waals surface area contributed by atoms with Gasteiger partial charge >= 0.3 is 0 Å². The summed E-state index contributed by atoms with van der Waals surface area (Å²) in [6, 6.07) is 9.65. The largest absolute Gasteiger partial charge is 0.320 e. The molecule has 7 nitrogen and oxygen atoms in total. The van der Waals surface area contributed by atoms with Crippen LogP contribution in [0.3, 0.4) is 0 Å². The van der Waals surface area contributed by atoms with Gasteiger partial charge in [0.15, 0.2) is 0 Å². The molecule has 0 aliphatic rings.